The monoisotopic (exact) mass is 409 g/mol. The highest BCUT2D eigenvalue weighted by Gasteiger charge is 2.32. The molecule has 1 aliphatic carbocycles. The van der Waals surface area contributed by atoms with Crippen LogP contribution in [0.4, 0.5) is 20.4 Å². The summed E-state index contributed by atoms with van der Waals surface area (Å²) in [5, 5.41) is 12.2. The van der Waals surface area contributed by atoms with Gasteiger partial charge in [0.05, 0.1) is 5.75 Å². The summed E-state index contributed by atoms with van der Waals surface area (Å²) in [5.74, 6) is 0.965. The molecule has 2 aromatic rings. The number of halogens is 2. The Labute approximate surface area is 165 Å². The zero-order valence-electron chi connectivity index (χ0n) is 15.2. The van der Waals surface area contributed by atoms with Crippen LogP contribution in [-0.4, -0.2) is 46.1 Å². The number of ether oxygens (including phenoxy) is 1. The van der Waals surface area contributed by atoms with Crippen molar-refractivity contribution in [1.82, 2.24) is 14.8 Å². The van der Waals surface area contributed by atoms with Crippen LogP contribution in [0.1, 0.15) is 31.7 Å². The molecule has 2 heterocycles. The number of hydrogen-bond acceptors (Lipinski definition) is 6. The maximum Gasteiger partial charge on any atom is 0.387 e. The van der Waals surface area contributed by atoms with Crippen LogP contribution in [0.25, 0.3) is 0 Å². The van der Waals surface area contributed by atoms with Crippen molar-refractivity contribution in [3.63, 3.8) is 0 Å². The fourth-order valence-electron chi connectivity index (χ4n) is 3.20. The smallest absolute Gasteiger partial charge is 0.387 e. The lowest BCUT2D eigenvalue weighted by Gasteiger charge is -2.17. The Morgan fingerprint density at radius 1 is 1.21 bits per heavy atom. The van der Waals surface area contributed by atoms with E-state index in [1.807, 2.05) is 0 Å². The van der Waals surface area contributed by atoms with Gasteiger partial charge < -0.3 is 15.0 Å². The Bertz CT molecular complexity index is 820. The van der Waals surface area contributed by atoms with E-state index >= 15 is 0 Å². The molecule has 10 heteroatoms. The van der Waals surface area contributed by atoms with E-state index in [0.29, 0.717) is 11.7 Å². The molecule has 1 N–H and O–H groups in total. The van der Waals surface area contributed by atoms with Gasteiger partial charge in [-0.3, -0.25) is 9.36 Å². The fourth-order valence-corrected chi connectivity index (χ4v) is 4.00. The predicted molar refractivity (Wildman–Crippen MR) is 102 cm³/mol. The number of amides is 1. The van der Waals surface area contributed by atoms with E-state index in [2.05, 4.69) is 29.7 Å². The second kappa shape index (κ2) is 8.34. The van der Waals surface area contributed by atoms with E-state index in [1.54, 1.807) is 0 Å². The summed E-state index contributed by atoms with van der Waals surface area (Å²) < 4.78 is 30.8. The van der Waals surface area contributed by atoms with E-state index in [9.17, 15) is 13.6 Å². The molecule has 1 saturated carbocycles. The topological polar surface area (TPSA) is 72.3 Å². The third-order valence-corrected chi connectivity index (χ3v) is 5.59. The average Bonchev–Trinajstić information content (AvgIpc) is 3.18. The van der Waals surface area contributed by atoms with Crippen LogP contribution in [0, 0.1) is 0 Å². The zero-order chi connectivity index (χ0) is 19.5. The maximum absolute atomic E-state index is 12.3. The number of anilines is 2. The summed E-state index contributed by atoms with van der Waals surface area (Å²) in [5.41, 5.74) is 0.522. The van der Waals surface area contributed by atoms with Gasteiger partial charge in [-0.05, 0) is 49.9 Å². The predicted octanol–water partition coefficient (Wildman–Crippen LogP) is 3.55. The molecule has 1 aromatic heterocycles. The number of hydrogen-bond donors (Lipinski definition) is 1. The van der Waals surface area contributed by atoms with Crippen molar-refractivity contribution in [2.24, 2.45) is 0 Å². The second-order valence-electron chi connectivity index (χ2n) is 6.82. The third-order valence-electron chi connectivity index (χ3n) is 4.64. The molecule has 2 aliphatic rings. The van der Waals surface area contributed by atoms with E-state index in [1.165, 1.54) is 48.9 Å². The molecular formula is C18H21F2N5O2S. The zero-order valence-corrected chi connectivity index (χ0v) is 16.0. The van der Waals surface area contributed by atoms with Crippen molar-refractivity contribution in [2.45, 2.75) is 43.5 Å². The minimum atomic E-state index is -2.87. The number of rotatable bonds is 8. The minimum Gasteiger partial charge on any atom is -0.435 e. The Hall–Kier alpha value is -2.36. The summed E-state index contributed by atoms with van der Waals surface area (Å²) in [6.07, 6.45) is 4.57. The molecule has 2 fully saturated rings. The first-order chi connectivity index (χ1) is 13.6. The molecule has 7 nitrogen and oxygen atoms in total. The first kappa shape index (κ1) is 19.0. The molecule has 4 rings (SSSR count). The number of thioether (sulfide) groups is 1. The quantitative estimate of drug-likeness (QED) is 0.673. The van der Waals surface area contributed by atoms with E-state index < -0.39 is 6.61 Å². The molecular weight excluding hydrogens is 388 g/mol. The first-order valence-corrected chi connectivity index (χ1v) is 10.3. The van der Waals surface area contributed by atoms with Gasteiger partial charge in [-0.15, -0.1) is 10.2 Å². The molecule has 1 amide bonds. The highest BCUT2D eigenvalue weighted by Crippen LogP contribution is 2.41. The molecule has 1 saturated heterocycles. The standard InChI is InChI=1S/C18H21F2N5O2S/c19-16(20)27-14-7-3-12(4-8-14)21-15(26)11-28-18-23-22-17(24-9-1-2-10-24)25(18)13-5-6-13/h3-4,7-8,13,16H,1-2,5-6,9-11H2,(H,21,26). The van der Waals surface area contributed by atoms with E-state index in [4.69, 9.17) is 0 Å². The number of carbonyl (C=O) groups excluding carboxylic acids is 1. The molecule has 0 radical (unpaired) electrons. The van der Waals surface area contributed by atoms with Crippen LogP contribution in [-0.2, 0) is 4.79 Å². The van der Waals surface area contributed by atoms with Gasteiger partial charge in [0.2, 0.25) is 11.9 Å². The Balaban J connectivity index is 1.34. The van der Waals surface area contributed by atoms with Gasteiger partial charge in [0.25, 0.3) is 0 Å². The van der Waals surface area contributed by atoms with Crippen LogP contribution in [0.3, 0.4) is 0 Å². The minimum absolute atomic E-state index is 0.0503. The van der Waals surface area contributed by atoms with Crippen molar-refractivity contribution >= 4 is 29.3 Å². The van der Waals surface area contributed by atoms with Crippen LogP contribution >= 0.6 is 11.8 Å². The van der Waals surface area contributed by atoms with Crippen molar-refractivity contribution in [3.8, 4) is 5.75 Å². The highest BCUT2D eigenvalue weighted by atomic mass is 32.2. The summed E-state index contributed by atoms with van der Waals surface area (Å²) in [6, 6.07) is 6.26. The number of carbonyl (C=O) groups is 1. The Morgan fingerprint density at radius 3 is 2.57 bits per heavy atom. The average molecular weight is 409 g/mol. The summed E-state index contributed by atoms with van der Waals surface area (Å²) in [4.78, 5) is 14.5. The molecule has 0 bridgehead atoms. The largest absolute Gasteiger partial charge is 0.435 e. The van der Waals surface area contributed by atoms with Crippen molar-refractivity contribution < 1.29 is 18.3 Å². The number of benzene rings is 1. The van der Waals surface area contributed by atoms with Gasteiger partial charge in [0.15, 0.2) is 5.16 Å². The highest BCUT2D eigenvalue weighted by molar-refractivity contribution is 7.99. The van der Waals surface area contributed by atoms with E-state index in [-0.39, 0.29) is 17.4 Å². The van der Waals surface area contributed by atoms with Gasteiger partial charge >= 0.3 is 6.61 Å². The van der Waals surface area contributed by atoms with Crippen LogP contribution in [0.5, 0.6) is 5.75 Å². The Morgan fingerprint density at radius 2 is 1.93 bits per heavy atom. The first-order valence-electron chi connectivity index (χ1n) is 9.27. The van der Waals surface area contributed by atoms with Gasteiger partial charge in [-0.25, -0.2) is 0 Å². The summed E-state index contributed by atoms with van der Waals surface area (Å²) >= 11 is 1.36. The van der Waals surface area contributed by atoms with Gasteiger partial charge in [-0.2, -0.15) is 8.78 Å². The number of nitrogens with one attached hydrogen (secondary N) is 1. The van der Waals surface area contributed by atoms with Crippen LogP contribution in [0.2, 0.25) is 0 Å². The van der Waals surface area contributed by atoms with Crippen molar-refractivity contribution in [1.29, 1.82) is 0 Å². The number of aromatic nitrogens is 3. The lowest BCUT2D eigenvalue weighted by atomic mass is 10.3. The number of alkyl halides is 2. The fraction of sp³-hybridized carbons (Fsp3) is 0.500. The molecule has 0 atom stereocenters. The van der Waals surface area contributed by atoms with Crippen LogP contribution < -0.4 is 15.0 Å². The van der Waals surface area contributed by atoms with Crippen molar-refractivity contribution in [3.05, 3.63) is 24.3 Å². The third kappa shape index (κ3) is 4.54. The maximum atomic E-state index is 12.3. The molecule has 0 unspecified atom stereocenters. The lowest BCUT2D eigenvalue weighted by Crippen LogP contribution is -2.22. The molecule has 28 heavy (non-hydrogen) atoms. The van der Waals surface area contributed by atoms with Crippen molar-refractivity contribution in [2.75, 3.05) is 29.1 Å². The van der Waals surface area contributed by atoms with Gasteiger partial charge in [0, 0.05) is 24.8 Å². The van der Waals surface area contributed by atoms with Gasteiger partial charge in [0.1, 0.15) is 5.75 Å². The second-order valence-corrected chi connectivity index (χ2v) is 7.76. The Kier molecular flexibility index (Phi) is 5.65. The number of nitrogens with zero attached hydrogens (tertiary/aromatic N) is 4. The van der Waals surface area contributed by atoms with Crippen LogP contribution in [0.15, 0.2) is 29.4 Å². The summed E-state index contributed by atoms with van der Waals surface area (Å²) in [7, 11) is 0. The molecule has 150 valence electrons. The normalized spacial score (nSPS) is 16.6. The SMILES string of the molecule is O=C(CSc1nnc(N2CCCC2)n1C1CC1)Nc1ccc(OC(F)F)cc1. The van der Waals surface area contributed by atoms with E-state index in [0.717, 1.165) is 37.0 Å². The molecule has 1 aromatic carbocycles. The lowest BCUT2D eigenvalue weighted by molar-refractivity contribution is -0.113. The molecule has 0 spiro atoms. The summed E-state index contributed by atoms with van der Waals surface area (Å²) in [6.45, 7) is -0.867. The molecule has 1 aliphatic heterocycles. The van der Waals surface area contributed by atoms with Gasteiger partial charge in [-0.1, -0.05) is 11.8 Å².